The van der Waals surface area contributed by atoms with E-state index in [9.17, 15) is 15.0 Å². The second kappa shape index (κ2) is 13.2. The van der Waals surface area contributed by atoms with Crippen molar-refractivity contribution in [3.05, 3.63) is 88.3 Å². The second-order valence-electron chi connectivity index (χ2n) is 7.82. The van der Waals surface area contributed by atoms with Gasteiger partial charge in [-0.3, -0.25) is 4.79 Å². The number of benzene rings is 2. The number of carbonyl (C=O) groups excluding carboxylic acids is 1. The van der Waals surface area contributed by atoms with Gasteiger partial charge in [0.1, 0.15) is 0 Å². The maximum atomic E-state index is 10.0. The molecule has 0 bridgehead atoms. The van der Waals surface area contributed by atoms with Crippen LogP contribution in [0.5, 0.6) is 0 Å². The zero-order chi connectivity index (χ0) is 23.8. The van der Waals surface area contributed by atoms with Gasteiger partial charge >= 0.3 is 0 Å². The van der Waals surface area contributed by atoms with Gasteiger partial charge in [-0.1, -0.05) is 46.0 Å². The van der Waals surface area contributed by atoms with E-state index in [-0.39, 0.29) is 44.9 Å². The van der Waals surface area contributed by atoms with Gasteiger partial charge < -0.3 is 20.3 Å². The molecule has 1 radical (unpaired) electrons. The number of rotatable bonds is 5. The average molecular weight is 625 g/mol. The van der Waals surface area contributed by atoms with Crippen LogP contribution in [-0.2, 0) is 38.1 Å². The maximum Gasteiger partial charge on any atom is 0.155 e. The monoisotopic (exact) mass is 625 g/mol. The summed E-state index contributed by atoms with van der Waals surface area (Å²) in [6.07, 6.45) is 2.83. The molecule has 0 amide bonds. The van der Waals surface area contributed by atoms with Crippen molar-refractivity contribution in [2.75, 3.05) is 0 Å². The molecule has 0 atom stereocenters. The maximum absolute atomic E-state index is 10.0. The predicted octanol–water partition coefficient (Wildman–Crippen LogP) is 5.16. The molecule has 3 rings (SSSR count). The van der Waals surface area contributed by atoms with Crippen molar-refractivity contribution in [2.45, 2.75) is 47.8 Å². The van der Waals surface area contributed by atoms with Crippen LogP contribution in [0.4, 0.5) is 0 Å². The van der Waals surface area contributed by atoms with E-state index < -0.39 is 0 Å². The van der Waals surface area contributed by atoms with E-state index in [4.69, 9.17) is 5.11 Å². The summed E-state index contributed by atoms with van der Waals surface area (Å²) in [6, 6.07) is 15.2. The van der Waals surface area contributed by atoms with Crippen LogP contribution >= 0.6 is 0 Å². The summed E-state index contributed by atoms with van der Waals surface area (Å²) >= 11 is 0. The fourth-order valence-corrected chi connectivity index (χ4v) is 3.69. The minimum Gasteiger partial charge on any atom is -0.512 e. The third-order valence-electron chi connectivity index (χ3n) is 4.83. The first-order valence-corrected chi connectivity index (χ1v) is 10.3. The number of pyridine rings is 1. The third-order valence-corrected chi connectivity index (χ3v) is 4.83. The van der Waals surface area contributed by atoms with E-state index in [0.717, 1.165) is 22.3 Å². The molecule has 0 saturated heterocycles. The molecule has 0 aliphatic carbocycles. The number of aliphatic hydroxyl groups excluding tert-OH is 3. The molecular weight excluding hydrogens is 595 g/mol. The zero-order valence-corrected chi connectivity index (χ0v) is 22.0. The number of ketones is 1. The topological polar surface area (TPSA) is 90.7 Å². The van der Waals surface area contributed by atoms with E-state index in [1.807, 2.05) is 18.2 Å². The first kappa shape index (κ1) is 28.4. The Bertz CT molecular complexity index is 1110. The van der Waals surface area contributed by atoms with Crippen LogP contribution in [0.25, 0.3) is 22.4 Å². The number of carbonyl (C=O) groups is 1. The van der Waals surface area contributed by atoms with Crippen molar-refractivity contribution in [3.8, 4) is 22.4 Å². The van der Waals surface area contributed by atoms with Crippen molar-refractivity contribution >= 4 is 5.78 Å². The normalized spacial score (nSPS) is 10.7. The summed E-state index contributed by atoms with van der Waals surface area (Å²) in [4.78, 5) is 14.4. The van der Waals surface area contributed by atoms with Gasteiger partial charge in [-0.25, -0.2) is 0 Å². The van der Waals surface area contributed by atoms with Crippen LogP contribution in [0.1, 0.15) is 41.7 Å². The first-order chi connectivity index (χ1) is 15.2. The molecule has 0 spiro atoms. The van der Waals surface area contributed by atoms with Gasteiger partial charge in [0, 0.05) is 39.0 Å². The molecule has 3 N–H and O–H groups in total. The smallest absolute Gasteiger partial charge is 0.155 e. The molecule has 5 nitrogen and oxygen atoms in total. The third kappa shape index (κ3) is 8.02. The SMILES string of the molecule is CC(=O)/C=C(/C)O.Cc1cc(C)c(-c2c[c-]c(-c3cc(CO)ccn3)c(CO)c2)c(C)c1.[Ir]. The van der Waals surface area contributed by atoms with Crippen molar-refractivity contribution in [2.24, 2.45) is 0 Å². The summed E-state index contributed by atoms with van der Waals surface area (Å²) in [6.45, 7) is 9.03. The number of nitrogens with zero attached hydrogens (tertiary/aromatic N) is 1. The Morgan fingerprint density at radius 1 is 1.03 bits per heavy atom. The molecule has 0 unspecified atom stereocenters. The molecule has 0 fully saturated rings. The molecule has 33 heavy (non-hydrogen) atoms. The van der Waals surface area contributed by atoms with E-state index >= 15 is 0 Å². The molecular formula is C27H30IrNO4-. The minimum atomic E-state index is -0.125. The Balaban J connectivity index is 0.000000595. The summed E-state index contributed by atoms with van der Waals surface area (Å²) in [5.74, 6) is -0.0625. The van der Waals surface area contributed by atoms with E-state index in [0.29, 0.717) is 5.69 Å². The van der Waals surface area contributed by atoms with Crippen molar-refractivity contribution in [3.63, 3.8) is 0 Å². The summed E-state index contributed by atoms with van der Waals surface area (Å²) in [5.41, 5.74) is 8.93. The molecule has 0 aliphatic heterocycles. The van der Waals surface area contributed by atoms with Crippen LogP contribution < -0.4 is 0 Å². The molecule has 0 saturated carbocycles. The molecule has 1 aromatic heterocycles. The van der Waals surface area contributed by atoms with E-state index in [2.05, 4.69) is 44.0 Å². The Morgan fingerprint density at radius 3 is 2.15 bits per heavy atom. The summed E-state index contributed by atoms with van der Waals surface area (Å²) in [7, 11) is 0. The van der Waals surface area contributed by atoms with Crippen molar-refractivity contribution in [1.29, 1.82) is 0 Å². The zero-order valence-electron chi connectivity index (χ0n) is 19.6. The van der Waals surface area contributed by atoms with Gasteiger partial charge in [0.25, 0.3) is 0 Å². The number of aliphatic hydroxyl groups is 3. The van der Waals surface area contributed by atoms with Gasteiger partial charge in [0.15, 0.2) is 5.78 Å². The van der Waals surface area contributed by atoms with Crippen LogP contribution in [-0.4, -0.2) is 26.1 Å². The fraction of sp³-hybridized carbons (Fsp3) is 0.259. The number of aromatic nitrogens is 1. The van der Waals surface area contributed by atoms with Crippen LogP contribution in [0, 0.1) is 26.8 Å². The second-order valence-corrected chi connectivity index (χ2v) is 7.82. The fourth-order valence-electron chi connectivity index (χ4n) is 3.69. The number of hydrogen-bond donors (Lipinski definition) is 3. The van der Waals surface area contributed by atoms with Gasteiger partial charge in [0.05, 0.1) is 12.4 Å². The van der Waals surface area contributed by atoms with Gasteiger partial charge in [0.2, 0.25) is 0 Å². The average Bonchev–Trinajstić information content (AvgIpc) is 2.72. The molecule has 6 heteroatoms. The largest absolute Gasteiger partial charge is 0.512 e. The Labute approximate surface area is 209 Å². The number of aryl methyl sites for hydroxylation is 3. The Kier molecular flexibility index (Phi) is 11.3. The summed E-state index contributed by atoms with van der Waals surface area (Å²) in [5, 5.41) is 27.6. The minimum absolute atomic E-state index is 0. The number of hydrogen-bond acceptors (Lipinski definition) is 5. The van der Waals surface area contributed by atoms with Gasteiger partial charge in [-0.05, 0) is 51.9 Å². The van der Waals surface area contributed by atoms with Gasteiger partial charge in [-0.2, -0.15) is 0 Å². The predicted molar refractivity (Wildman–Crippen MR) is 127 cm³/mol. The molecule has 1 heterocycles. The van der Waals surface area contributed by atoms with E-state index in [1.165, 1.54) is 42.2 Å². The Hall–Kier alpha value is -2.63. The van der Waals surface area contributed by atoms with Crippen LogP contribution in [0.3, 0.4) is 0 Å². The van der Waals surface area contributed by atoms with Crippen molar-refractivity contribution in [1.82, 2.24) is 4.98 Å². The molecule has 2 aromatic carbocycles. The van der Waals surface area contributed by atoms with Crippen LogP contribution in [0.2, 0.25) is 0 Å². The molecule has 0 aliphatic rings. The molecule has 177 valence electrons. The number of allylic oxidation sites excluding steroid dienone is 2. The standard InChI is InChI=1S/C22H22NO2.C5H8O2.Ir/c1-14-8-15(2)22(16(3)9-14)18-4-5-20(19(11-18)13-25)21-10-17(12-24)6-7-23-21;1-4(6)3-5(2)7;/h4,6-11,24-25H,12-13H2,1-3H3;3,6H,1-2H3;/q-1;;/b;4-3-;. The summed E-state index contributed by atoms with van der Waals surface area (Å²) < 4.78 is 0. The van der Waals surface area contributed by atoms with Crippen LogP contribution in [0.15, 0.2) is 54.4 Å². The van der Waals surface area contributed by atoms with E-state index in [1.54, 1.807) is 12.3 Å². The van der Waals surface area contributed by atoms with Crippen molar-refractivity contribution < 1.29 is 40.2 Å². The van der Waals surface area contributed by atoms with Gasteiger partial charge in [-0.15, -0.1) is 29.3 Å². The first-order valence-electron chi connectivity index (χ1n) is 10.3. The quantitative estimate of drug-likeness (QED) is 0.207. The Morgan fingerprint density at radius 2 is 1.67 bits per heavy atom. The molecule has 3 aromatic rings.